The molecule has 1 saturated heterocycles. The van der Waals surface area contributed by atoms with E-state index in [1.807, 2.05) is 36.0 Å². The fourth-order valence-electron chi connectivity index (χ4n) is 3.18. The molecule has 0 spiro atoms. The Balaban J connectivity index is 1.58. The lowest BCUT2D eigenvalue weighted by Gasteiger charge is -2.24. The van der Waals surface area contributed by atoms with Crippen molar-refractivity contribution >= 4 is 17.8 Å². The third-order valence-electron chi connectivity index (χ3n) is 4.41. The Bertz CT molecular complexity index is 529. The van der Waals surface area contributed by atoms with Gasteiger partial charge in [0.25, 0.3) is 0 Å². The van der Waals surface area contributed by atoms with Gasteiger partial charge in [0, 0.05) is 17.7 Å². The summed E-state index contributed by atoms with van der Waals surface area (Å²) in [6.45, 7) is 2.87. The second kappa shape index (κ2) is 5.89. The number of aliphatic hydroxyl groups is 1. The molecule has 3 unspecified atom stereocenters. The summed E-state index contributed by atoms with van der Waals surface area (Å²) in [5.74, 6) is 1.18. The Morgan fingerprint density at radius 3 is 3.05 bits per heavy atom. The average Bonchev–Trinajstić information content (AvgIpc) is 3.03. The van der Waals surface area contributed by atoms with Crippen LogP contribution in [0.15, 0.2) is 24.3 Å². The lowest BCUT2D eigenvalue weighted by molar-refractivity contribution is 0.142. The minimum Gasteiger partial charge on any atom is -0.390 e. The van der Waals surface area contributed by atoms with Crippen molar-refractivity contribution in [3.63, 3.8) is 0 Å². The number of hydrogen-bond donors (Lipinski definition) is 3. The molecule has 2 aliphatic rings. The van der Waals surface area contributed by atoms with Crippen LogP contribution in [0.2, 0.25) is 0 Å². The number of carbonyl (C=O) groups is 1. The van der Waals surface area contributed by atoms with Gasteiger partial charge in [-0.1, -0.05) is 24.3 Å². The normalized spacial score (nSPS) is 31.0. The predicted molar refractivity (Wildman–Crippen MR) is 85.5 cm³/mol. The average molecular weight is 306 g/mol. The first-order chi connectivity index (χ1) is 10.1. The number of benzene rings is 1. The molecule has 21 heavy (non-hydrogen) atoms. The molecule has 1 aliphatic heterocycles. The van der Waals surface area contributed by atoms with Gasteiger partial charge in [-0.2, -0.15) is 11.8 Å². The third-order valence-corrected chi connectivity index (χ3v) is 5.95. The minimum atomic E-state index is -0.537. The lowest BCUT2D eigenvalue weighted by Crippen LogP contribution is -2.45. The molecule has 1 heterocycles. The Morgan fingerprint density at radius 1 is 1.48 bits per heavy atom. The number of amides is 2. The molecule has 3 rings (SSSR count). The van der Waals surface area contributed by atoms with E-state index in [4.69, 9.17) is 0 Å². The van der Waals surface area contributed by atoms with Crippen LogP contribution in [0.25, 0.3) is 0 Å². The van der Waals surface area contributed by atoms with Crippen molar-refractivity contribution in [1.29, 1.82) is 0 Å². The van der Waals surface area contributed by atoms with Gasteiger partial charge >= 0.3 is 6.03 Å². The van der Waals surface area contributed by atoms with Gasteiger partial charge in [0.2, 0.25) is 0 Å². The van der Waals surface area contributed by atoms with E-state index in [2.05, 4.69) is 17.6 Å². The molecule has 3 N–H and O–H groups in total. The molecule has 0 aromatic heterocycles. The Labute approximate surface area is 129 Å². The number of carbonyl (C=O) groups excluding carboxylic acids is 1. The number of urea groups is 1. The quantitative estimate of drug-likeness (QED) is 0.802. The van der Waals surface area contributed by atoms with Gasteiger partial charge in [0.1, 0.15) is 0 Å². The molecule has 1 aromatic rings. The van der Waals surface area contributed by atoms with Gasteiger partial charge in [0.15, 0.2) is 0 Å². The van der Waals surface area contributed by atoms with E-state index in [0.717, 1.165) is 17.5 Å². The molecule has 114 valence electrons. The minimum absolute atomic E-state index is 0.156. The van der Waals surface area contributed by atoms with Crippen LogP contribution in [-0.2, 0) is 6.42 Å². The van der Waals surface area contributed by atoms with E-state index >= 15 is 0 Å². The maximum absolute atomic E-state index is 12.1. The van der Waals surface area contributed by atoms with Crippen molar-refractivity contribution in [3.05, 3.63) is 35.4 Å². The van der Waals surface area contributed by atoms with E-state index in [1.165, 1.54) is 12.2 Å². The first-order valence-electron chi connectivity index (χ1n) is 7.52. The Kier molecular flexibility index (Phi) is 4.13. The second-order valence-electron chi connectivity index (χ2n) is 6.18. The zero-order valence-electron chi connectivity index (χ0n) is 12.3. The van der Waals surface area contributed by atoms with E-state index in [-0.39, 0.29) is 16.8 Å². The Hall–Kier alpha value is -1.20. The number of thioether (sulfide) groups is 1. The highest BCUT2D eigenvalue weighted by molar-refractivity contribution is 8.00. The predicted octanol–water partition coefficient (Wildman–Crippen LogP) is 2.23. The highest BCUT2D eigenvalue weighted by atomic mass is 32.2. The smallest absolute Gasteiger partial charge is 0.315 e. The van der Waals surface area contributed by atoms with Crippen LogP contribution in [0.4, 0.5) is 4.79 Å². The van der Waals surface area contributed by atoms with Crippen LogP contribution in [0.3, 0.4) is 0 Å². The molecule has 1 fully saturated rings. The van der Waals surface area contributed by atoms with Crippen LogP contribution in [0.1, 0.15) is 36.9 Å². The van der Waals surface area contributed by atoms with E-state index in [0.29, 0.717) is 13.0 Å². The van der Waals surface area contributed by atoms with Crippen molar-refractivity contribution in [1.82, 2.24) is 10.6 Å². The number of nitrogens with one attached hydrogen (secondary N) is 2. The van der Waals surface area contributed by atoms with Gasteiger partial charge in [-0.05, 0) is 36.6 Å². The van der Waals surface area contributed by atoms with Crippen molar-refractivity contribution < 1.29 is 9.90 Å². The molecule has 3 atom stereocenters. The SMILES string of the molecule is CC1(CNC(=O)NC2c3ccccc3CC2O)CCCS1. The first-order valence-corrected chi connectivity index (χ1v) is 8.50. The largest absolute Gasteiger partial charge is 0.390 e. The van der Waals surface area contributed by atoms with Gasteiger partial charge in [0.05, 0.1) is 12.1 Å². The van der Waals surface area contributed by atoms with E-state index in [1.54, 1.807) is 0 Å². The van der Waals surface area contributed by atoms with Gasteiger partial charge in [-0.25, -0.2) is 4.79 Å². The number of rotatable bonds is 3. The van der Waals surface area contributed by atoms with Crippen molar-refractivity contribution in [2.75, 3.05) is 12.3 Å². The van der Waals surface area contributed by atoms with Crippen molar-refractivity contribution in [3.8, 4) is 0 Å². The highest BCUT2D eigenvalue weighted by Gasteiger charge is 2.33. The fraction of sp³-hybridized carbons (Fsp3) is 0.562. The summed E-state index contributed by atoms with van der Waals surface area (Å²) in [6, 6.07) is 7.40. The van der Waals surface area contributed by atoms with Crippen molar-refractivity contribution in [2.45, 2.75) is 43.1 Å². The summed E-state index contributed by atoms with van der Waals surface area (Å²) < 4.78 is 0.156. The summed E-state index contributed by atoms with van der Waals surface area (Å²) in [7, 11) is 0. The topological polar surface area (TPSA) is 61.4 Å². The van der Waals surface area contributed by atoms with Crippen LogP contribution < -0.4 is 10.6 Å². The molecule has 0 saturated carbocycles. The molecule has 1 aromatic carbocycles. The first kappa shape index (κ1) is 14.7. The fourth-order valence-corrected chi connectivity index (χ4v) is 4.43. The van der Waals surface area contributed by atoms with Crippen LogP contribution in [0, 0.1) is 0 Å². The summed E-state index contributed by atoms with van der Waals surface area (Å²) in [6.07, 6.45) is 2.44. The molecule has 5 heteroatoms. The summed E-state index contributed by atoms with van der Waals surface area (Å²) in [5, 5.41) is 16.0. The molecule has 2 amide bonds. The maximum atomic E-state index is 12.1. The monoisotopic (exact) mass is 306 g/mol. The second-order valence-corrected chi connectivity index (χ2v) is 7.86. The zero-order chi connectivity index (χ0) is 14.9. The van der Waals surface area contributed by atoms with E-state index in [9.17, 15) is 9.90 Å². The molecular weight excluding hydrogens is 284 g/mol. The molecule has 0 bridgehead atoms. The lowest BCUT2D eigenvalue weighted by atomic mass is 10.1. The van der Waals surface area contributed by atoms with E-state index < -0.39 is 6.10 Å². The maximum Gasteiger partial charge on any atom is 0.315 e. The molecule has 1 aliphatic carbocycles. The molecule has 4 nitrogen and oxygen atoms in total. The third kappa shape index (κ3) is 3.19. The highest BCUT2D eigenvalue weighted by Crippen LogP contribution is 2.37. The Morgan fingerprint density at radius 2 is 2.29 bits per heavy atom. The summed E-state index contributed by atoms with van der Waals surface area (Å²) in [5.41, 5.74) is 2.15. The standard InChI is InChI=1S/C16H22N2O2S/c1-16(7-4-8-21-16)10-17-15(20)18-14-12-6-3-2-5-11(12)9-13(14)19/h2-3,5-6,13-14,19H,4,7-10H2,1H3,(H2,17,18,20). The van der Waals surface area contributed by atoms with Gasteiger partial charge in [-0.15, -0.1) is 0 Å². The molecule has 0 radical (unpaired) electrons. The summed E-state index contributed by atoms with van der Waals surface area (Å²) in [4.78, 5) is 12.1. The van der Waals surface area contributed by atoms with Gasteiger partial charge < -0.3 is 15.7 Å². The number of hydrogen-bond acceptors (Lipinski definition) is 3. The molecular formula is C16H22N2O2S. The van der Waals surface area contributed by atoms with Crippen LogP contribution in [0.5, 0.6) is 0 Å². The van der Waals surface area contributed by atoms with Crippen LogP contribution in [-0.4, -0.2) is 34.3 Å². The van der Waals surface area contributed by atoms with Crippen molar-refractivity contribution in [2.24, 2.45) is 0 Å². The number of aliphatic hydroxyl groups excluding tert-OH is 1. The zero-order valence-corrected chi connectivity index (χ0v) is 13.1. The number of fused-ring (bicyclic) bond motifs is 1. The van der Waals surface area contributed by atoms with Gasteiger partial charge in [-0.3, -0.25) is 0 Å². The summed E-state index contributed by atoms with van der Waals surface area (Å²) >= 11 is 1.93. The van der Waals surface area contributed by atoms with Crippen LogP contribution >= 0.6 is 11.8 Å².